The Kier molecular flexibility index (Phi) is 5.62. The maximum Gasteiger partial charge on any atom is 0.321 e. The number of carbonyl (C=O) groups excluding carboxylic acids is 2. The summed E-state index contributed by atoms with van der Waals surface area (Å²) in [5.74, 6) is -0.331. The van der Waals surface area contributed by atoms with Crippen LogP contribution in [-0.2, 0) is 11.3 Å². The van der Waals surface area contributed by atoms with Gasteiger partial charge in [0.15, 0.2) is 5.16 Å². The second kappa shape index (κ2) is 6.78. The fourth-order valence-electron chi connectivity index (χ4n) is 1.45. The number of hydrogen-bond donors (Lipinski definition) is 2. The molecule has 112 valence electrons. The van der Waals surface area contributed by atoms with Crippen LogP contribution >= 0.6 is 11.8 Å². The number of rotatable bonds is 4. The highest BCUT2D eigenvalue weighted by Crippen LogP contribution is 2.21. The van der Waals surface area contributed by atoms with E-state index in [2.05, 4.69) is 15.6 Å². The number of nitrogens with zero attached hydrogens (tertiary/aromatic N) is 2. The van der Waals surface area contributed by atoms with Crippen molar-refractivity contribution in [2.45, 2.75) is 57.1 Å². The topological polar surface area (TPSA) is 76.0 Å². The number of thioether (sulfide) groups is 1. The molecule has 0 fully saturated rings. The SMILES string of the molecule is CCn1ccnc1SC(C)C(=O)NC(=O)NC(C)(C)C. The first-order valence-electron chi connectivity index (χ1n) is 6.53. The Morgan fingerprint density at radius 3 is 2.65 bits per heavy atom. The van der Waals surface area contributed by atoms with Crippen LogP contribution in [-0.4, -0.2) is 32.3 Å². The minimum absolute atomic E-state index is 0.331. The Hall–Kier alpha value is -1.50. The minimum Gasteiger partial charge on any atom is -0.333 e. The van der Waals surface area contributed by atoms with Crippen LogP contribution in [0.1, 0.15) is 34.6 Å². The molecule has 1 atom stereocenters. The van der Waals surface area contributed by atoms with Crippen LogP contribution in [0.3, 0.4) is 0 Å². The first-order valence-corrected chi connectivity index (χ1v) is 7.41. The monoisotopic (exact) mass is 298 g/mol. The second-order valence-corrected chi connectivity index (χ2v) is 6.76. The summed E-state index contributed by atoms with van der Waals surface area (Å²) >= 11 is 1.33. The van der Waals surface area contributed by atoms with Gasteiger partial charge in [0, 0.05) is 24.5 Å². The summed E-state index contributed by atoms with van der Waals surface area (Å²) < 4.78 is 1.95. The molecule has 0 radical (unpaired) electrons. The third kappa shape index (κ3) is 5.24. The molecule has 1 aromatic rings. The fourth-order valence-corrected chi connectivity index (χ4v) is 2.38. The zero-order chi connectivity index (χ0) is 15.3. The Morgan fingerprint density at radius 2 is 2.10 bits per heavy atom. The number of aryl methyl sites for hydroxylation is 1. The van der Waals surface area contributed by atoms with Crippen LogP contribution < -0.4 is 10.6 Å². The number of imidazole rings is 1. The van der Waals surface area contributed by atoms with Crippen molar-refractivity contribution in [3.8, 4) is 0 Å². The lowest BCUT2D eigenvalue weighted by atomic mass is 10.1. The first-order chi connectivity index (χ1) is 9.23. The Bertz CT molecular complexity index is 479. The smallest absolute Gasteiger partial charge is 0.321 e. The highest BCUT2D eigenvalue weighted by molar-refractivity contribution is 8.00. The molecular weight excluding hydrogens is 276 g/mol. The van der Waals surface area contributed by atoms with E-state index in [0.29, 0.717) is 0 Å². The van der Waals surface area contributed by atoms with Crippen molar-refractivity contribution >= 4 is 23.7 Å². The van der Waals surface area contributed by atoms with Crippen LogP contribution in [0.15, 0.2) is 17.6 Å². The van der Waals surface area contributed by atoms with Crippen molar-refractivity contribution in [3.63, 3.8) is 0 Å². The predicted molar refractivity (Wildman–Crippen MR) is 79.6 cm³/mol. The number of nitrogens with one attached hydrogen (secondary N) is 2. The van der Waals surface area contributed by atoms with Crippen LogP contribution in [0, 0.1) is 0 Å². The van der Waals surface area contributed by atoms with Crippen molar-refractivity contribution in [2.24, 2.45) is 0 Å². The Balaban J connectivity index is 2.53. The minimum atomic E-state index is -0.478. The van der Waals surface area contributed by atoms with E-state index in [9.17, 15) is 9.59 Å². The van der Waals surface area contributed by atoms with Gasteiger partial charge in [-0.05, 0) is 34.6 Å². The molecule has 0 aromatic carbocycles. The zero-order valence-electron chi connectivity index (χ0n) is 12.6. The summed E-state index contributed by atoms with van der Waals surface area (Å²) in [6.07, 6.45) is 3.56. The largest absolute Gasteiger partial charge is 0.333 e. The zero-order valence-corrected chi connectivity index (χ0v) is 13.4. The summed E-state index contributed by atoms with van der Waals surface area (Å²) in [4.78, 5) is 27.8. The van der Waals surface area contributed by atoms with Gasteiger partial charge in [0.1, 0.15) is 0 Å². The molecule has 0 saturated heterocycles. The maximum atomic E-state index is 11.9. The molecule has 1 heterocycles. The number of urea groups is 1. The van der Waals surface area contributed by atoms with Crippen molar-refractivity contribution in [3.05, 3.63) is 12.4 Å². The number of hydrogen-bond acceptors (Lipinski definition) is 4. The van der Waals surface area contributed by atoms with Gasteiger partial charge in [0.25, 0.3) is 0 Å². The van der Waals surface area contributed by atoms with Crippen molar-refractivity contribution in [1.82, 2.24) is 20.2 Å². The molecule has 2 N–H and O–H groups in total. The van der Waals surface area contributed by atoms with Gasteiger partial charge >= 0.3 is 6.03 Å². The molecule has 1 rings (SSSR count). The van der Waals surface area contributed by atoms with Crippen LogP contribution in [0.2, 0.25) is 0 Å². The van der Waals surface area contributed by atoms with Gasteiger partial charge in [0.2, 0.25) is 5.91 Å². The van der Waals surface area contributed by atoms with Gasteiger partial charge in [0.05, 0.1) is 5.25 Å². The molecule has 1 aromatic heterocycles. The van der Waals surface area contributed by atoms with Gasteiger partial charge in [-0.1, -0.05) is 11.8 Å². The molecule has 0 saturated carbocycles. The van der Waals surface area contributed by atoms with E-state index in [1.807, 2.05) is 38.5 Å². The number of amides is 3. The average Bonchev–Trinajstić information content (AvgIpc) is 2.73. The highest BCUT2D eigenvalue weighted by Gasteiger charge is 2.21. The molecule has 3 amide bonds. The molecule has 0 aliphatic rings. The second-order valence-electron chi connectivity index (χ2n) is 5.45. The third-order valence-electron chi connectivity index (χ3n) is 2.39. The van der Waals surface area contributed by atoms with Gasteiger partial charge in [-0.2, -0.15) is 0 Å². The lowest BCUT2D eigenvalue weighted by molar-refractivity contribution is -0.119. The Labute approximate surface area is 123 Å². The Morgan fingerprint density at radius 1 is 1.45 bits per heavy atom. The number of imide groups is 1. The van der Waals surface area contributed by atoms with Gasteiger partial charge in [-0.15, -0.1) is 0 Å². The van der Waals surface area contributed by atoms with E-state index in [-0.39, 0.29) is 11.4 Å². The first kappa shape index (κ1) is 16.6. The van der Waals surface area contributed by atoms with Crippen LogP contribution in [0.25, 0.3) is 0 Å². The number of aromatic nitrogens is 2. The summed E-state index contributed by atoms with van der Waals surface area (Å²) in [7, 11) is 0. The summed E-state index contributed by atoms with van der Waals surface area (Å²) in [6, 6.07) is -0.478. The standard InChI is InChI=1S/C13H22N4O2S/c1-6-17-8-7-14-12(17)20-9(2)10(18)15-11(19)16-13(3,4)5/h7-9H,6H2,1-5H3,(H2,15,16,18,19). The van der Waals surface area contributed by atoms with Crippen molar-refractivity contribution in [2.75, 3.05) is 0 Å². The molecular formula is C13H22N4O2S. The van der Waals surface area contributed by atoms with E-state index in [4.69, 9.17) is 0 Å². The molecule has 20 heavy (non-hydrogen) atoms. The molecule has 0 aliphatic heterocycles. The third-order valence-corrected chi connectivity index (χ3v) is 3.51. The molecule has 6 nitrogen and oxygen atoms in total. The van der Waals surface area contributed by atoms with Crippen LogP contribution in [0.4, 0.5) is 4.79 Å². The highest BCUT2D eigenvalue weighted by atomic mass is 32.2. The molecule has 1 unspecified atom stereocenters. The summed E-state index contributed by atoms with van der Waals surface area (Å²) in [5, 5.41) is 5.40. The predicted octanol–water partition coefficient (Wildman–Crippen LogP) is 2.01. The van der Waals surface area contributed by atoms with E-state index < -0.39 is 11.3 Å². The summed E-state index contributed by atoms with van der Waals surface area (Å²) in [5.41, 5.74) is -0.376. The maximum absolute atomic E-state index is 11.9. The normalized spacial score (nSPS) is 12.8. The quantitative estimate of drug-likeness (QED) is 0.834. The van der Waals surface area contributed by atoms with E-state index in [1.165, 1.54) is 11.8 Å². The lowest BCUT2D eigenvalue weighted by Gasteiger charge is -2.21. The average molecular weight is 298 g/mol. The molecule has 0 spiro atoms. The fraction of sp³-hybridized carbons (Fsp3) is 0.615. The van der Waals surface area contributed by atoms with Gasteiger partial charge < -0.3 is 9.88 Å². The number of carbonyl (C=O) groups is 2. The van der Waals surface area contributed by atoms with E-state index in [0.717, 1.165) is 11.7 Å². The summed E-state index contributed by atoms with van der Waals surface area (Å²) in [6.45, 7) is 10.1. The van der Waals surface area contributed by atoms with E-state index >= 15 is 0 Å². The molecule has 7 heteroatoms. The molecule has 0 bridgehead atoms. The van der Waals surface area contributed by atoms with E-state index in [1.54, 1.807) is 13.1 Å². The van der Waals surface area contributed by atoms with Crippen molar-refractivity contribution < 1.29 is 9.59 Å². The molecule has 0 aliphatic carbocycles. The van der Waals surface area contributed by atoms with Gasteiger partial charge in [-0.3, -0.25) is 10.1 Å². The van der Waals surface area contributed by atoms with Crippen molar-refractivity contribution in [1.29, 1.82) is 0 Å². The lowest BCUT2D eigenvalue weighted by Crippen LogP contribution is -2.49. The van der Waals surface area contributed by atoms with Gasteiger partial charge in [-0.25, -0.2) is 9.78 Å². The van der Waals surface area contributed by atoms with Crippen LogP contribution in [0.5, 0.6) is 0 Å².